The van der Waals surface area contributed by atoms with E-state index in [0.717, 1.165) is 47.3 Å². The van der Waals surface area contributed by atoms with Gasteiger partial charge in [0.25, 0.3) is 0 Å². The molecule has 0 saturated carbocycles. The molecule has 0 N–H and O–H groups in total. The second kappa shape index (κ2) is 8.64. The summed E-state index contributed by atoms with van der Waals surface area (Å²) >= 11 is 0. The van der Waals surface area contributed by atoms with Gasteiger partial charge in [0.1, 0.15) is 23.1 Å². The third-order valence-corrected chi connectivity index (χ3v) is 5.66. The van der Waals surface area contributed by atoms with Crippen molar-refractivity contribution < 1.29 is 14.2 Å². The molecule has 1 fully saturated rings. The van der Waals surface area contributed by atoms with Gasteiger partial charge in [-0.2, -0.15) is 10.4 Å². The number of benzene rings is 2. The second-order valence-corrected chi connectivity index (χ2v) is 7.53. The predicted octanol–water partition coefficient (Wildman–Crippen LogP) is 3.94. The van der Waals surface area contributed by atoms with E-state index in [4.69, 9.17) is 14.2 Å². The summed E-state index contributed by atoms with van der Waals surface area (Å²) in [5.74, 6) is 1.33. The first kappa shape index (κ1) is 20.0. The molecule has 1 atom stereocenters. The number of hydrogen-bond acceptors (Lipinski definition) is 6. The molecule has 0 radical (unpaired) electrons. The van der Waals surface area contributed by atoms with Gasteiger partial charge in [-0.1, -0.05) is 12.1 Å². The Morgan fingerprint density at radius 3 is 2.67 bits per heavy atom. The van der Waals surface area contributed by atoms with Gasteiger partial charge in [0, 0.05) is 31.1 Å². The number of methoxy groups -OCH3 is 2. The Morgan fingerprint density at radius 1 is 1.23 bits per heavy atom. The van der Waals surface area contributed by atoms with Gasteiger partial charge in [0.2, 0.25) is 0 Å². The van der Waals surface area contributed by atoms with Crippen LogP contribution in [0.3, 0.4) is 0 Å². The van der Waals surface area contributed by atoms with Gasteiger partial charge in [-0.15, -0.1) is 0 Å². The highest BCUT2D eigenvalue weighted by Crippen LogP contribution is 2.39. The van der Waals surface area contributed by atoms with Gasteiger partial charge in [-0.25, -0.2) is 0 Å². The quantitative estimate of drug-likeness (QED) is 0.554. The van der Waals surface area contributed by atoms with Gasteiger partial charge in [-0.3, -0.25) is 4.68 Å². The number of fused-ring (bicyclic) bond motifs is 1. The highest BCUT2D eigenvalue weighted by Gasteiger charge is 2.26. The molecule has 156 valence electrons. The smallest absolute Gasteiger partial charge is 0.188 e. The summed E-state index contributed by atoms with van der Waals surface area (Å²) in [6, 6.07) is 12.6. The number of aromatic nitrogens is 2. The van der Waals surface area contributed by atoms with E-state index in [1.807, 2.05) is 41.2 Å². The Bertz CT molecular complexity index is 1070. The third-order valence-electron chi connectivity index (χ3n) is 5.66. The minimum Gasteiger partial charge on any atom is -0.497 e. The molecule has 2 heterocycles. The average molecular weight is 406 g/mol. The van der Waals surface area contributed by atoms with Crippen LogP contribution in [0.25, 0.3) is 10.9 Å². The maximum absolute atomic E-state index is 9.96. The predicted molar refractivity (Wildman–Crippen MR) is 115 cm³/mol. The van der Waals surface area contributed by atoms with E-state index in [1.165, 1.54) is 0 Å². The minimum atomic E-state index is 0.0851. The first-order valence-corrected chi connectivity index (χ1v) is 10.1. The van der Waals surface area contributed by atoms with E-state index in [1.54, 1.807) is 14.2 Å². The van der Waals surface area contributed by atoms with Gasteiger partial charge < -0.3 is 19.1 Å². The molecule has 1 aromatic heterocycles. The van der Waals surface area contributed by atoms with Crippen molar-refractivity contribution in [3.05, 3.63) is 47.7 Å². The lowest BCUT2D eigenvalue weighted by molar-refractivity contribution is 0.0510. The van der Waals surface area contributed by atoms with Crippen LogP contribution in [-0.4, -0.2) is 43.4 Å². The van der Waals surface area contributed by atoms with Gasteiger partial charge >= 0.3 is 0 Å². The zero-order valence-corrected chi connectivity index (χ0v) is 17.6. The SMILES string of the molecule is COCOc1cc(N2CCCC2C)c2cnn(Cc3ccc(OC)cc3)c2c1C#N. The molecule has 7 heteroatoms. The van der Waals surface area contributed by atoms with Gasteiger partial charge in [0.15, 0.2) is 6.79 Å². The van der Waals surface area contributed by atoms with Gasteiger partial charge in [0.05, 0.1) is 31.1 Å². The largest absolute Gasteiger partial charge is 0.497 e. The lowest BCUT2D eigenvalue weighted by atomic mass is 10.1. The third kappa shape index (κ3) is 3.66. The molecule has 30 heavy (non-hydrogen) atoms. The average Bonchev–Trinajstić information content (AvgIpc) is 3.38. The Kier molecular flexibility index (Phi) is 5.77. The molecule has 1 saturated heterocycles. The molecule has 1 aliphatic rings. The van der Waals surface area contributed by atoms with Crippen molar-refractivity contribution in [3.8, 4) is 17.6 Å². The lowest BCUT2D eigenvalue weighted by Gasteiger charge is -2.25. The number of nitrogens with zero attached hydrogens (tertiary/aromatic N) is 4. The maximum Gasteiger partial charge on any atom is 0.188 e. The molecule has 2 aromatic carbocycles. The number of rotatable bonds is 7. The zero-order chi connectivity index (χ0) is 21.1. The second-order valence-electron chi connectivity index (χ2n) is 7.53. The lowest BCUT2D eigenvalue weighted by Crippen LogP contribution is -2.26. The molecular weight excluding hydrogens is 380 g/mol. The van der Waals surface area contributed by atoms with Crippen molar-refractivity contribution >= 4 is 16.6 Å². The van der Waals surface area contributed by atoms with Crippen LogP contribution in [0.4, 0.5) is 5.69 Å². The molecule has 4 rings (SSSR count). The van der Waals surface area contributed by atoms with Crippen molar-refractivity contribution in [3.63, 3.8) is 0 Å². The van der Waals surface area contributed by atoms with Crippen LogP contribution < -0.4 is 14.4 Å². The van der Waals surface area contributed by atoms with Crippen LogP contribution in [0.5, 0.6) is 11.5 Å². The number of anilines is 1. The summed E-state index contributed by atoms with van der Waals surface area (Å²) in [4.78, 5) is 2.38. The highest BCUT2D eigenvalue weighted by atomic mass is 16.7. The molecule has 3 aromatic rings. The van der Waals surface area contributed by atoms with Crippen molar-refractivity contribution in [1.29, 1.82) is 5.26 Å². The van der Waals surface area contributed by atoms with Gasteiger partial charge in [-0.05, 0) is 37.5 Å². The zero-order valence-electron chi connectivity index (χ0n) is 17.6. The van der Waals surface area contributed by atoms with Crippen LogP contribution in [0.1, 0.15) is 30.9 Å². The molecule has 0 spiro atoms. The van der Waals surface area contributed by atoms with E-state index in [9.17, 15) is 5.26 Å². The van der Waals surface area contributed by atoms with E-state index in [0.29, 0.717) is 23.9 Å². The fourth-order valence-electron chi connectivity index (χ4n) is 4.12. The topological polar surface area (TPSA) is 72.5 Å². The number of hydrogen-bond donors (Lipinski definition) is 0. The van der Waals surface area contributed by atoms with E-state index >= 15 is 0 Å². The molecule has 1 aliphatic heterocycles. The summed E-state index contributed by atoms with van der Waals surface area (Å²) in [7, 11) is 3.22. The van der Waals surface area contributed by atoms with Crippen molar-refractivity contribution in [2.45, 2.75) is 32.4 Å². The molecule has 0 bridgehead atoms. The number of nitriles is 1. The first-order chi connectivity index (χ1) is 14.7. The van der Waals surface area contributed by atoms with Crippen LogP contribution in [-0.2, 0) is 11.3 Å². The van der Waals surface area contributed by atoms with Crippen molar-refractivity contribution in [2.75, 3.05) is 32.5 Å². The van der Waals surface area contributed by atoms with E-state index in [2.05, 4.69) is 23.0 Å². The minimum absolute atomic E-state index is 0.0851. The Morgan fingerprint density at radius 2 is 2.03 bits per heavy atom. The van der Waals surface area contributed by atoms with E-state index < -0.39 is 0 Å². The Balaban J connectivity index is 1.84. The fourth-order valence-corrected chi connectivity index (χ4v) is 4.12. The molecule has 0 amide bonds. The molecule has 1 unspecified atom stereocenters. The van der Waals surface area contributed by atoms with Crippen molar-refractivity contribution in [1.82, 2.24) is 9.78 Å². The summed E-state index contributed by atoms with van der Waals surface area (Å²) in [5.41, 5.74) is 3.39. The summed E-state index contributed by atoms with van der Waals surface area (Å²) in [6.45, 7) is 3.84. The Hall–Kier alpha value is -3.24. The highest BCUT2D eigenvalue weighted by molar-refractivity contribution is 5.98. The maximum atomic E-state index is 9.96. The normalized spacial score (nSPS) is 16.1. The molecule has 7 nitrogen and oxygen atoms in total. The van der Waals surface area contributed by atoms with Crippen LogP contribution in [0, 0.1) is 11.3 Å². The van der Waals surface area contributed by atoms with Crippen LogP contribution in [0.2, 0.25) is 0 Å². The first-order valence-electron chi connectivity index (χ1n) is 10.1. The van der Waals surface area contributed by atoms with Crippen LogP contribution >= 0.6 is 0 Å². The summed E-state index contributed by atoms with van der Waals surface area (Å²) < 4.78 is 18.0. The monoisotopic (exact) mass is 406 g/mol. The van der Waals surface area contributed by atoms with Crippen molar-refractivity contribution in [2.24, 2.45) is 0 Å². The standard InChI is InChI=1S/C23H26N4O3/c1-16-5-4-10-26(16)21-11-22(30-15-28-2)19(12-24)23-20(21)13-25-27(23)14-17-6-8-18(29-3)9-7-17/h6-9,11,13,16H,4-5,10,14-15H2,1-3H3. The Labute approximate surface area is 176 Å². The summed E-state index contributed by atoms with van der Waals surface area (Å²) in [5, 5.41) is 15.6. The summed E-state index contributed by atoms with van der Waals surface area (Å²) in [6.07, 6.45) is 4.16. The fraction of sp³-hybridized carbons (Fsp3) is 0.391. The van der Waals surface area contributed by atoms with Crippen LogP contribution in [0.15, 0.2) is 36.5 Å². The van der Waals surface area contributed by atoms with E-state index in [-0.39, 0.29) is 6.79 Å². The number of ether oxygens (including phenoxy) is 3. The molecule has 0 aliphatic carbocycles. The molecular formula is C23H26N4O3.